The van der Waals surface area contributed by atoms with E-state index in [9.17, 15) is 19.2 Å². The highest BCUT2D eigenvalue weighted by molar-refractivity contribution is 5.92. The van der Waals surface area contributed by atoms with Gasteiger partial charge in [-0.1, -0.05) is 44.2 Å². The van der Waals surface area contributed by atoms with Crippen LogP contribution in [-0.4, -0.2) is 30.5 Å². The Morgan fingerprint density at radius 2 is 1.56 bits per heavy atom. The van der Waals surface area contributed by atoms with E-state index in [4.69, 9.17) is 0 Å². The van der Waals surface area contributed by atoms with Gasteiger partial charge in [-0.3, -0.25) is 19.0 Å². The predicted octanol–water partition coefficient (Wildman–Crippen LogP) is 2.66. The second-order valence-corrected chi connectivity index (χ2v) is 9.02. The topological polar surface area (TPSA) is 120 Å². The number of benzene rings is 2. The zero-order valence-corrected chi connectivity index (χ0v) is 20.4. The number of nitrogens with one attached hydrogen (secondary N) is 2. The molecule has 0 saturated carbocycles. The Kier molecular flexibility index (Phi) is 7.14. The molecule has 0 aliphatic carbocycles. The summed E-state index contributed by atoms with van der Waals surface area (Å²) in [4.78, 5) is 55.3. The van der Waals surface area contributed by atoms with Gasteiger partial charge in [-0.15, -0.1) is 0 Å². The molecule has 10 heteroatoms. The van der Waals surface area contributed by atoms with E-state index in [0.717, 1.165) is 10.1 Å². The second-order valence-electron chi connectivity index (χ2n) is 9.02. The molecule has 0 aliphatic rings. The molecule has 2 aromatic carbocycles. The summed E-state index contributed by atoms with van der Waals surface area (Å²) in [7, 11) is 0. The minimum absolute atomic E-state index is 0.204. The summed E-state index contributed by atoms with van der Waals surface area (Å²) in [5, 5.41) is 5.35. The van der Waals surface area contributed by atoms with Gasteiger partial charge in [0.2, 0.25) is 11.8 Å². The molecule has 0 radical (unpaired) electrons. The lowest BCUT2D eigenvalue weighted by molar-refractivity contribution is -0.117. The van der Waals surface area contributed by atoms with E-state index in [1.807, 2.05) is 44.2 Å². The zero-order chi connectivity index (χ0) is 25.8. The molecule has 4 rings (SSSR count). The first-order valence-electron chi connectivity index (χ1n) is 11.6. The normalized spacial score (nSPS) is 11.1. The van der Waals surface area contributed by atoms with Crippen LogP contribution in [0.4, 0.5) is 11.4 Å². The highest BCUT2D eigenvalue weighted by atomic mass is 16.2. The fraction of sp³-hybridized carbons (Fsp3) is 0.269. The van der Waals surface area contributed by atoms with Gasteiger partial charge in [0.1, 0.15) is 6.54 Å². The zero-order valence-electron chi connectivity index (χ0n) is 20.4. The molecule has 0 atom stereocenters. The van der Waals surface area contributed by atoms with Gasteiger partial charge in [-0.05, 0) is 35.7 Å². The largest absolute Gasteiger partial charge is 0.333 e. The number of anilines is 2. The molecule has 4 aromatic rings. The van der Waals surface area contributed by atoms with Gasteiger partial charge in [-0.2, -0.15) is 0 Å². The lowest BCUT2D eigenvalue weighted by Crippen LogP contribution is -2.43. The molecule has 2 amide bonds. The van der Waals surface area contributed by atoms with Crippen LogP contribution in [0.2, 0.25) is 0 Å². The fourth-order valence-electron chi connectivity index (χ4n) is 4.00. The monoisotopic (exact) mass is 488 g/mol. The molecular weight excluding hydrogens is 460 g/mol. The molecule has 186 valence electrons. The average molecular weight is 489 g/mol. The number of rotatable bonds is 8. The third-order valence-electron chi connectivity index (χ3n) is 5.52. The van der Waals surface area contributed by atoms with E-state index in [2.05, 4.69) is 15.6 Å². The Morgan fingerprint density at radius 3 is 2.17 bits per heavy atom. The van der Waals surface area contributed by atoms with Crippen molar-refractivity contribution in [3.63, 3.8) is 0 Å². The second kappa shape index (κ2) is 10.4. The molecule has 0 saturated heterocycles. The molecule has 0 unspecified atom stereocenters. The molecule has 10 nitrogen and oxygen atoms in total. The highest BCUT2D eigenvalue weighted by Gasteiger charge is 2.20. The number of imidazole rings is 1. The van der Waals surface area contributed by atoms with Crippen LogP contribution in [0.15, 0.2) is 70.5 Å². The summed E-state index contributed by atoms with van der Waals surface area (Å²) in [6.45, 7) is 5.75. The van der Waals surface area contributed by atoms with Gasteiger partial charge in [0.15, 0.2) is 11.2 Å². The summed E-state index contributed by atoms with van der Waals surface area (Å²) >= 11 is 0. The van der Waals surface area contributed by atoms with Gasteiger partial charge < -0.3 is 15.2 Å². The van der Waals surface area contributed by atoms with Crippen LogP contribution in [0.3, 0.4) is 0 Å². The van der Waals surface area contributed by atoms with E-state index in [0.29, 0.717) is 23.6 Å². The minimum atomic E-state index is -0.609. The number of carbonyl (C=O) groups is 2. The summed E-state index contributed by atoms with van der Waals surface area (Å²) in [6.07, 6.45) is 1.56. The summed E-state index contributed by atoms with van der Waals surface area (Å²) in [5.41, 5.74) is 1.33. The van der Waals surface area contributed by atoms with Crippen LogP contribution in [0.1, 0.15) is 26.3 Å². The molecule has 0 aliphatic heterocycles. The standard InChI is InChI=1S/C26H28N6O4/c1-17(2)13-30-16-27-24-23(30)25(35)32(26(36)31(24)14-19-7-5-4-6-8-19)15-22(34)29-21-11-9-20(10-12-21)28-18(3)33/h4-12,16-17H,13-15H2,1-3H3,(H,28,33)(H,29,34). The van der Waals surface area contributed by atoms with E-state index in [-0.39, 0.29) is 23.9 Å². The van der Waals surface area contributed by atoms with Crippen LogP contribution >= 0.6 is 0 Å². The van der Waals surface area contributed by atoms with Gasteiger partial charge >= 0.3 is 5.69 Å². The van der Waals surface area contributed by atoms with E-state index >= 15 is 0 Å². The maximum atomic E-state index is 13.4. The molecule has 2 heterocycles. The molecule has 2 aromatic heterocycles. The maximum Gasteiger partial charge on any atom is 0.333 e. The third-order valence-corrected chi connectivity index (χ3v) is 5.52. The Balaban J connectivity index is 1.70. The van der Waals surface area contributed by atoms with Crippen LogP contribution in [0, 0.1) is 5.92 Å². The number of amides is 2. The first kappa shape index (κ1) is 24.6. The summed E-state index contributed by atoms with van der Waals surface area (Å²) < 4.78 is 4.11. The maximum absolute atomic E-state index is 13.4. The predicted molar refractivity (Wildman–Crippen MR) is 138 cm³/mol. The number of hydrogen-bond acceptors (Lipinski definition) is 5. The van der Waals surface area contributed by atoms with Gasteiger partial charge in [0, 0.05) is 24.8 Å². The number of nitrogens with zero attached hydrogens (tertiary/aromatic N) is 4. The van der Waals surface area contributed by atoms with Gasteiger partial charge in [0.25, 0.3) is 5.56 Å². The van der Waals surface area contributed by atoms with Crippen molar-refractivity contribution in [1.29, 1.82) is 0 Å². The first-order valence-corrected chi connectivity index (χ1v) is 11.6. The lowest BCUT2D eigenvalue weighted by Gasteiger charge is -2.14. The Morgan fingerprint density at radius 1 is 0.917 bits per heavy atom. The van der Waals surface area contributed by atoms with Crippen molar-refractivity contribution in [2.75, 3.05) is 10.6 Å². The number of hydrogen-bond donors (Lipinski definition) is 2. The van der Waals surface area contributed by atoms with Crippen LogP contribution in [-0.2, 0) is 29.2 Å². The van der Waals surface area contributed by atoms with E-state index < -0.39 is 23.7 Å². The Labute approximate surface area is 207 Å². The quantitative estimate of drug-likeness (QED) is 0.395. The number of aromatic nitrogens is 4. The smallest absolute Gasteiger partial charge is 0.326 e. The molecule has 0 fully saturated rings. The van der Waals surface area contributed by atoms with Gasteiger partial charge in [-0.25, -0.2) is 14.3 Å². The lowest BCUT2D eigenvalue weighted by atomic mass is 10.2. The number of carbonyl (C=O) groups excluding carboxylic acids is 2. The molecule has 2 N–H and O–H groups in total. The van der Waals surface area contributed by atoms with Crippen LogP contribution in [0.5, 0.6) is 0 Å². The van der Waals surface area contributed by atoms with Crippen molar-refractivity contribution >= 4 is 34.4 Å². The molecule has 36 heavy (non-hydrogen) atoms. The molecule has 0 bridgehead atoms. The summed E-state index contributed by atoms with van der Waals surface area (Å²) in [5.74, 6) is -0.486. The van der Waals surface area contributed by atoms with Crippen LogP contribution in [0.25, 0.3) is 11.2 Å². The van der Waals surface area contributed by atoms with Gasteiger partial charge in [0.05, 0.1) is 12.9 Å². The van der Waals surface area contributed by atoms with Crippen molar-refractivity contribution in [3.8, 4) is 0 Å². The van der Waals surface area contributed by atoms with Crippen molar-refractivity contribution in [2.24, 2.45) is 5.92 Å². The fourth-order valence-corrected chi connectivity index (χ4v) is 4.00. The number of fused-ring (bicyclic) bond motifs is 1. The Bertz CT molecular complexity index is 1510. The third kappa shape index (κ3) is 5.43. The van der Waals surface area contributed by atoms with Crippen molar-refractivity contribution in [1.82, 2.24) is 18.7 Å². The molecule has 0 spiro atoms. The van der Waals surface area contributed by atoms with E-state index in [1.165, 1.54) is 11.5 Å². The minimum Gasteiger partial charge on any atom is -0.326 e. The van der Waals surface area contributed by atoms with E-state index in [1.54, 1.807) is 35.2 Å². The highest BCUT2D eigenvalue weighted by Crippen LogP contribution is 2.14. The summed E-state index contributed by atoms with van der Waals surface area (Å²) in [6, 6.07) is 15.9. The van der Waals surface area contributed by atoms with Crippen LogP contribution < -0.4 is 21.9 Å². The average Bonchev–Trinajstić information content (AvgIpc) is 3.24. The van der Waals surface area contributed by atoms with Crippen molar-refractivity contribution < 1.29 is 9.59 Å². The van der Waals surface area contributed by atoms with Crippen molar-refractivity contribution in [3.05, 3.63) is 87.3 Å². The first-order chi connectivity index (χ1) is 17.2. The molecular formula is C26H28N6O4. The SMILES string of the molecule is CC(=O)Nc1ccc(NC(=O)Cn2c(=O)c3c(ncn3CC(C)C)n(Cc3ccccc3)c2=O)cc1. The Hall–Kier alpha value is -4.47. The van der Waals surface area contributed by atoms with Crippen molar-refractivity contribution in [2.45, 2.75) is 40.4 Å².